The molecule has 0 amide bonds. The van der Waals surface area contributed by atoms with Crippen molar-refractivity contribution in [2.24, 2.45) is 22.9 Å². The summed E-state index contributed by atoms with van der Waals surface area (Å²) in [5.74, 6) is 0. The maximum absolute atomic E-state index is 10.8. The van der Waals surface area contributed by atoms with Crippen molar-refractivity contribution in [2.45, 2.75) is 124 Å². The first-order valence-corrected chi connectivity index (χ1v) is 14.2. The molecule has 2 aromatic heterocycles. The smallest absolute Gasteiger partial charge is 0.110 e. The molecule has 0 radical (unpaired) electrons. The van der Waals surface area contributed by atoms with Crippen LogP contribution < -0.4 is 22.9 Å². The summed E-state index contributed by atoms with van der Waals surface area (Å²) in [7, 11) is 0. The van der Waals surface area contributed by atoms with Crippen molar-refractivity contribution >= 4 is 0 Å². The minimum absolute atomic E-state index is 0.0826. The zero-order valence-electron chi connectivity index (χ0n) is 23.3. The molecule has 0 bridgehead atoms. The summed E-state index contributed by atoms with van der Waals surface area (Å²) in [5, 5.41) is 89.2. The van der Waals surface area contributed by atoms with E-state index in [1.807, 2.05) is 0 Å². The molecule has 43 heavy (non-hydrogen) atoms. The molecule has 19 nitrogen and oxygen atoms in total. The van der Waals surface area contributed by atoms with E-state index in [2.05, 4.69) is 20.6 Å². The van der Waals surface area contributed by atoms with Crippen molar-refractivity contribution in [3.63, 3.8) is 0 Å². The van der Waals surface area contributed by atoms with Crippen molar-refractivity contribution in [1.82, 2.24) is 30.0 Å². The molecule has 2 aromatic rings. The van der Waals surface area contributed by atoms with Gasteiger partial charge in [0.15, 0.2) is 0 Å². The van der Waals surface area contributed by atoms with Gasteiger partial charge < -0.3 is 68.2 Å². The lowest BCUT2D eigenvalue weighted by atomic mass is 9.84. The normalized spacial score (nSPS) is 44.0. The highest BCUT2D eigenvalue weighted by molar-refractivity contribution is 5.04. The second-order valence-electron chi connectivity index (χ2n) is 11.9. The summed E-state index contributed by atoms with van der Waals surface area (Å²) in [6, 6.07) is -4.19. The highest BCUT2D eigenvalue weighted by atomic mass is 16.5. The maximum atomic E-state index is 10.8. The van der Waals surface area contributed by atoms with Crippen LogP contribution in [0.15, 0.2) is 12.4 Å². The van der Waals surface area contributed by atoms with Gasteiger partial charge in [-0.3, -0.25) is 0 Å². The van der Waals surface area contributed by atoms with E-state index in [1.165, 1.54) is 21.8 Å². The second-order valence-corrected chi connectivity index (χ2v) is 11.9. The predicted octanol–water partition coefficient (Wildman–Crippen LogP) is -6.53. The van der Waals surface area contributed by atoms with Crippen LogP contribution >= 0.6 is 0 Å². The molecule has 19 heteroatoms. The monoisotopic (exact) mass is 614 g/mol. The number of rotatable bonds is 8. The largest absolute Gasteiger partial charge is 0.389 e. The van der Waals surface area contributed by atoms with Crippen LogP contribution in [-0.2, 0) is 22.7 Å². The molecule has 3 saturated carbocycles. The zero-order valence-corrected chi connectivity index (χ0v) is 23.3. The van der Waals surface area contributed by atoms with Gasteiger partial charge in [-0.25, -0.2) is 9.36 Å². The van der Waals surface area contributed by atoms with Crippen molar-refractivity contribution in [1.29, 1.82) is 0 Å². The SMILES string of the molecule is N[C@@H]1C[C@H](N)[C@@H](OCc2cn([C@@H]3C[C@H](n4cc(CO[C@H]5[C@H](O)[C@@H](O)[C@H](N)C[C@@H]5N)nn4)[C@@H](O)C(O)[C@H]3O)nn2)[C@H](O)[C@H]1O. The summed E-state index contributed by atoms with van der Waals surface area (Å²) in [6.07, 6.45) is -7.45. The highest BCUT2D eigenvalue weighted by Crippen LogP contribution is 2.36. The Hall–Kier alpha value is -2.24. The first-order chi connectivity index (χ1) is 20.4. The number of nitrogens with zero attached hydrogens (tertiary/aromatic N) is 6. The van der Waals surface area contributed by atoms with Crippen LogP contribution in [0.5, 0.6) is 0 Å². The maximum Gasteiger partial charge on any atom is 0.110 e. The minimum Gasteiger partial charge on any atom is -0.389 e. The van der Waals surface area contributed by atoms with Gasteiger partial charge in [-0.2, -0.15) is 0 Å². The van der Waals surface area contributed by atoms with Crippen molar-refractivity contribution in [2.75, 3.05) is 0 Å². The topological polar surface area (TPSA) is 326 Å². The van der Waals surface area contributed by atoms with Crippen LogP contribution in [0.2, 0.25) is 0 Å². The Morgan fingerprint density at radius 2 is 0.953 bits per heavy atom. The molecule has 0 spiro atoms. The van der Waals surface area contributed by atoms with Crippen LogP contribution in [0.3, 0.4) is 0 Å². The molecule has 242 valence electrons. The Labute approximate surface area is 246 Å². The molecule has 3 fully saturated rings. The number of hydrogen-bond donors (Lipinski definition) is 11. The summed E-state index contributed by atoms with van der Waals surface area (Å²) in [6.45, 7) is -0.215. The molecule has 2 heterocycles. The molecule has 5 rings (SSSR count). The van der Waals surface area contributed by atoms with E-state index >= 15 is 0 Å². The summed E-state index contributed by atoms with van der Waals surface area (Å²) >= 11 is 0. The Morgan fingerprint density at radius 1 is 0.558 bits per heavy atom. The summed E-state index contributed by atoms with van der Waals surface area (Å²) in [4.78, 5) is 0. The fraction of sp³-hybridized carbons (Fsp3) is 0.833. The van der Waals surface area contributed by atoms with E-state index in [9.17, 15) is 35.7 Å². The van der Waals surface area contributed by atoms with Gasteiger partial charge in [0.1, 0.15) is 54.1 Å². The fourth-order valence-corrected chi connectivity index (χ4v) is 6.18. The van der Waals surface area contributed by atoms with Crippen molar-refractivity contribution in [3.8, 4) is 0 Å². The van der Waals surface area contributed by atoms with Crippen molar-refractivity contribution in [3.05, 3.63) is 23.8 Å². The summed E-state index contributed by atoms with van der Waals surface area (Å²) < 4.78 is 14.1. The van der Waals surface area contributed by atoms with Crippen LogP contribution in [-0.4, -0.2) is 145 Å². The van der Waals surface area contributed by atoms with Gasteiger partial charge in [0, 0.05) is 24.2 Å². The highest BCUT2D eigenvalue weighted by Gasteiger charge is 2.46. The van der Waals surface area contributed by atoms with Gasteiger partial charge >= 0.3 is 0 Å². The van der Waals surface area contributed by atoms with Crippen molar-refractivity contribution < 1.29 is 45.2 Å². The van der Waals surface area contributed by atoms with E-state index in [4.69, 9.17) is 32.4 Å². The Morgan fingerprint density at radius 3 is 1.35 bits per heavy atom. The quantitative estimate of drug-likeness (QED) is 0.132. The van der Waals surface area contributed by atoms with E-state index in [-0.39, 0.29) is 32.5 Å². The number of aromatic nitrogens is 6. The zero-order chi connectivity index (χ0) is 31.2. The van der Waals surface area contributed by atoms with Crippen LogP contribution in [0.1, 0.15) is 42.7 Å². The van der Waals surface area contributed by atoms with Gasteiger partial charge in [-0.05, 0) is 19.3 Å². The average molecular weight is 615 g/mol. The molecule has 15 N–H and O–H groups in total. The van der Waals surface area contributed by atoms with E-state index in [1.54, 1.807) is 0 Å². The molecule has 3 aliphatic rings. The molecular weight excluding hydrogens is 572 g/mol. The molecule has 15 atom stereocenters. The molecule has 0 aromatic carbocycles. The molecule has 0 saturated heterocycles. The number of aliphatic hydroxyl groups excluding tert-OH is 7. The third-order valence-electron chi connectivity index (χ3n) is 8.80. The lowest BCUT2D eigenvalue weighted by molar-refractivity contribution is -0.132. The Kier molecular flexibility index (Phi) is 9.73. The molecule has 1 unspecified atom stereocenters. The molecule has 3 aliphatic carbocycles. The van der Waals surface area contributed by atoms with Crippen LogP contribution in [0.4, 0.5) is 0 Å². The van der Waals surface area contributed by atoms with Crippen LogP contribution in [0, 0.1) is 0 Å². The standard InChI is InChI=1S/C24H42N10O9/c25-10-1-12(27)23(21(40)16(10)35)42-6-8-4-33(31-29-8)14-3-15(19(38)20(39)18(14)37)34-5-9(30-32-34)7-43-24-13(28)2-11(26)17(36)22(24)41/h4-5,10-24,35-41H,1-3,6-7,25-28H2/t10-,11-,12+,13+,14-,15+,16+,17+,18+,19-,20?,21-,22-,23-,24-/m1/s1. The lowest BCUT2D eigenvalue weighted by Gasteiger charge is -2.40. The fourth-order valence-electron chi connectivity index (χ4n) is 6.18. The third kappa shape index (κ3) is 6.45. The minimum atomic E-state index is -1.56. The second kappa shape index (κ2) is 13.0. The van der Waals surface area contributed by atoms with E-state index in [0.717, 1.165) is 0 Å². The average Bonchev–Trinajstić information content (AvgIpc) is 3.64. The first kappa shape index (κ1) is 32.2. The van der Waals surface area contributed by atoms with Gasteiger partial charge in [-0.1, -0.05) is 10.4 Å². The third-order valence-corrected chi connectivity index (χ3v) is 8.80. The lowest BCUT2D eigenvalue weighted by Crippen LogP contribution is -2.61. The molecule has 0 aliphatic heterocycles. The first-order valence-electron chi connectivity index (χ1n) is 14.2. The summed E-state index contributed by atoms with van der Waals surface area (Å²) in [5.41, 5.74) is 24.4. The van der Waals surface area contributed by atoms with Gasteiger partial charge in [0.25, 0.3) is 0 Å². The number of hydrogen-bond acceptors (Lipinski definition) is 17. The van der Waals surface area contributed by atoms with E-state index in [0.29, 0.717) is 11.4 Å². The predicted molar refractivity (Wildman–Crippen MR) is 143 cm³/mol. The Bertz CT molecular complexity index is 1120. The Balaban J connectivity index is 1.22. The number of ether oxygens (including phenoxy) is 2. The van der Waals surface area contributed by atoms with Crippen LogP contribution in [0.25, 0.3) is 0 Å². The van der Waals surface area contributed by atoms with Gasteiger partial charge in [0.05, 0.1) is 49.9 Å². The van der Waals surface area contributed by atoms with Gasteiger partial charge in [0.2, 0.25) is 0 Å². The number of aliphatic hydroxyl groups is 7. The van der Waals surface area contributed by atoms with E-state index < -0.39 is 91.2 Å². The molecular formula is C24H42N10O9. The number of nitrogens with two attached hydrogens (primary N) is 4. The van der Waals surface area contributed by atoms with Gasteiger partial charge in [-0.15, -0.1) is 10.2 Å².